The van der Waals surface area contributed by atoms with Gasteiger partial charge >= 0.3 is 5.97 Å². The summed E-state index contributed by atoms with van der Waals surface area (Å²) in [6.07, 6.45) is 0.871. The van der Waals surface area contributed by atoms with Crippen molar-refractivity contribution in [1.29, 1.82) is 0 Å². The van der Waals surface area contributed by atoms with E-state index in [1.54, 1.807) is 0 Å². The fourth-order valence-corrected chi connectivity index (χ4v) is 1.30. The van der Waals surface area contributed by atoms with E-state index in [0.717, 1.165) is 6.42 Å². The molecule has 0 radical (unpaired) electrons. The Labute approximate surface area is 93.3 Å². The third-order valence-corrected chi connectivity index (χ3v) is 2.10. The van der Waals surface area contributed by atoms with Gasteiger partial charge in [-0.25, -0.2) is 4.79 Å². The molecular formula is C11H14N2O3. The number of carbonyl (C=O) groups excluding carboxylic acids is 1. The first-order valence-corrected chi connectivity index (χ1v) is 4.97. The maximum atomic E-state index is 11.1. The third-order valence-electron chi connectivity index (χ3n) is 2.10. The maximum Gasteiger partial charge on any atom is 0.335 e. The molecule has 1 aromatic carbocycles. The summed E-state index contributed by atoms with van der Waals surface area (Å²) < 4.78 is 0. The van der Waals surface area contributed by atoms with Gasteiger partial charge in [0.2, 0.25) is 0 Å². The summed E-state index contributed by atoms with van der Waals surface area (Å²) in [7, 11) is 0. The zero-order valence-electron chi connectivity index (χ0n) is 8.99. The lowest BCUT2D eigenvalue weighted by atomic mass is 10.1. The number of hydrogen-bond donors (Lipinski definition) is 3. The number of carboxylic acids is 1. The minimum absolute atomic E-state index is 0.128. The van der Waals surface area contributed by atoms with Gasteiger partial charge in [0, 0.05) is 12.2 Å². The molecular weight excluding hydrogens is 208 g/mol. The minimum atomic E-state index is -1.03. The van der Waals surface area contributed by atoms with Crippen molar-refractivity contribution in [2.45, 2.75) is 13.3 Å². The number of aromatic carboxylic acids is 1. The molecule has 1 amide bonds. The van der Waals surface area contributed by atoms with Crippen LogP contribution in [0.3, 0.4) is 0 Å². The van der Waals surface area contributed by atoms with Crippen molar-refractivity contribution in [3.63, 3.8) is 0 Å². The molecule has 0 aromatic heterocycles. The lowest BCUT2D eigenvalue weighted by molar-refractivity contribution is 0.0696. The van der Waals surface area contributed by atoms with Crippen LogP contribution >= 0.6 is 0 Å². The SMILES string of the molecule is CCCNc1cc(C(=O)O)ccc1C(N)=O. The molecule has 0 atom stereocenters. The van der Waals surface area contributed by atoms with Crippen molar-refractivity contribution >= 4 is 17.6 Å². The van der Waals surface area contributed by atoms with Crippen molar-refractivity contribution in [2.24, 2.45) is 5.73 Å². The van der Waals surface area contributed by atoms with Crippen molar-refractivity contribution < 1.29 is 14.7 Å². The van der Waals surface area contributed by atoms with Crippen LogP contribution in [0, 0.1) is 0 Å². The number of nitrogens with one attached hydrogen (secondary N) is 1. The van der Waals surface area contributed by atoms with E-state index in [-0.39, 0.29) is 5.56 Å². The molecule has 0 saturated carbocycles. The van der Waals surface area contributed by atoms with Gasteiger partial charge in [-0.3, -0.25) is 4.79 Å². The van der Waals surface area contributed by atoms with E-state index in [0.29, 0.717) is 17.8 Å². The van der Waals surface area contributed by atoms with Crippen molar-refractivity contribution in [1.82, 2.24) is 0 Å². The smallest absolute Gasteiger partial charge is 0.335 e. The molecule has 0 aliphatic carbocycles. The number of primary amides is 1. The quantitative estimate of drug-likeness (QED) is 0.700. The molecule has 5 nitrogen and oxygen atoms in total. The average Bonchev–Trinajstić information content (AvgIpc) is 2.25. The van der Waals surface area contributed by atoms with Crippen LogP contribution < -0.4 is 11.1 Å². The van der Waals surface area contributed by atoms with Gasteiger partial charge in [-0.1, -0.05) is 6.92 Å². The molecule has 1 aromatic rings. The standard InChI is InChI=1S/C11H14N2O3/c1-2-5-13-9-6-7(11(15)16)3-4-8(9)10(12)14/h3-4,6,13H,2,5H2,1H3,(H2,12,14)(H,15,16). The lowest BCUT2D eigenvalue weighted by Crippen LogP contribution is -2.15. The van der Waals surface area contributed by atoms with E-state index in [1.807, 2.05) is 6.92 Å². The number of benzene rings is 1. The van der Waals surface area contributed by atoms with Gasteiger partial charge in [-0.15, -0.1) is 0 Å². The molecule has 1 rings (SSSR count). The summed E-state index contributed by atoms with van der Waals surface area (Å²) in [4.78, 5) is 21.9. The number of anilines is 1. The average molecular weight is 222 g/mol. The summed E-state index contributed by atoms with van der Waals surface area (Å²) in [5, 5.41) is 11.8. The van der Waals surface area contributed by atoms with Crippen molar-refractivity contribution in [2.75, 3.05) is 11.9 Å². The lowest BCUT2D eigenvalue weighted by Gasteiger charge is -2.09. The Bertz CT molecular complexity index is 416. The first-order valence-electron chi connectivity index (χ1n) is 4.97. The molecule has 4 N–H and O–H groups in total. The van der Waals surface area contributed by atoms with Crippen molar-refractivity contribution in [3.8, 4) is 0 Å². The first-order chi connectivity index (χ1) is 7.56. The van der Waals surface area contributed by atoms with Gasteiger partial charge in [0.05, 0.1) is 11.1 Å². The van der Waals surface area contributed by atoms with Crippen LogP contribution in [0.5, 0.6) is 0 Å². The number of rotatable bonds is 5. The van der Waals surface area contributed by atoms with Gasteiger partial charge in [-0.2, -0.15) is 0 Å². The molecule has 0 spiro atoms. The molecule has 0 heterocycles. The highest BCUT2D eigenvalue weighted by molar-refractivity contribution is 6.00. The topological polar surface area (TPSA) is 92.4 Å². The van der Waals surface area contributed by atoms with Crippen LogP contribution in [0.1, 0.15) is 34.1 Å². The monoisotopic (exact) mass is 222 g/mol. The van der Waals surface area contributed by atoms with Gasteiger partial charge in [0.15, 0.2) is 0 Å². The summed E-state index contributed by atoms with van der Waals surface area (Å²) in [5.74, 6) is -1.61. The maximum absolute atomic E-state index is 11.1. The Morgan fingerprint density at radius 3 is 2.62 bits per heavy atom. The Kier molecular flexibility index (Phi) is 3.88. The normalized spacial score (nSPS) is 9.81. The Morgan fingerprint density at radius 2 is 2.12 bits per heavy atom. The molecule has 0 fully saturated rings. The van der Waals surface area contributed by atoms with E-state index in [2.05, 4.69) is 5.32 Å². The summed E-state index contributed by atoms with van der Waals surface area (Å²) >= 11 is 0. The summed E-state index contributed by atoms with van der Waals surface area (Å²) in [5.41, 5.74) is 6.09. The molecule has 16 heavy (non-hydrogen) atoms. The van der Waals surface area contributed by atoms with Crippen LogP contribution in [-0.2, 0) is 0 Å². The second-order valence-corrected chi connectivity index (χ2v) is 3.36. The predicted octanol–water partition coefficient (Wildman–Crippen LogP) is 1.31. The third kappa shape index (κ3) is 2.73. The van der Waals surface area contributed by atoms with Gasteiger partial charge < -0.3 is 16.2 Å². The van der Waals surface area contributed by atoms with Crippen LogP contribution in [0.4, 0.5) is 5.69 Å². The zero-order valence-corrected chi connectivity index (χ0v) is 8.99. The highest BCUT2D eigenvalue weighted by Crippen LogP contribution is 2.17. The molecule has 0 saturated heterocycles. The van der Waals surface area contributed by atoms with E-state index in [4.69, 9.17) is 10.8 Å². The second kappa shape index (κ2) is 5.16. The number of hydrogen-bond acceptors (Lipinski definition) is 3. The number of nitrogens with two attached hydrogens (primary N) is 1. The highest BCUT2D eigenvalue weighted by atomic mass is 16.4. The highest BCUT2D eigenvalue weighted by Gasteiger charge is 2.11. The predicted molar refractivity (Wildman–Crippen MR) is 60.7 cm³/mol. The van der Waals surface area contributed by atoms with Crippen LogP contribution in [0.15, 0.2) is 18.2 Å². The largest absolute Gasteiger partial charge is 0.478 e. The van der Waals surface area contributed by atoms with E-state index in [9.17, 15) is 9.59 Å². The van der Waals surface area contributed by atoms with Gasteiger partial charge in [0.25, 0.3) is 5.91 Å². The van der Waals surface area contributed by atoms with Crippen LogP contribution in [-0.4, -0.2) is 23.5 Å². The Hall–Kier alpha value is -2.04. The molecule has 0 bridgehead atoms. The van der Waals surface area contributed by atoms with Crippen LogP contribution in [0.25, 0.3) is 0 Å². The number of carbonyl (C=O) groups is 2. The molecule has 86 valence electrons. The molecule has 0 aliphatic rings. The fraction of sp³-hybridized carbons (Fsp3) is 0.273. The van der Waals surface area contributed by atoms with E-state index < -0.39 is 11.9 Å². The van der Waals surface area contributed by atoms with E-state index in [1.165, 1.54) is 18.2 Å². The fourth-order valence-electron chi connectivity index (χ4n) is 1.30. The van der Waals surface area contributed by atoms with Gasteiger partial charge in [-0.05, 0) is 24.6 Å². The van der Waals surface area contributed by atoms with Crippen LogP contribution in [0.2, 0.25) is 0 Å². The minimum Gasteiger partial charge on any atom is -0.478 e. The zero-order chi connectivity index (χ0) is 12.1. The van der Waals surface area contributed by atoms with Gasteiger partial charge in [0.1, 0.15) is 0 Å². The molecule has 5 heteroatoms. The molecule has 0 aliphatic heterocycles. The Morgan fingerprint density at radius 1 is 1.44 bits per heavy atom. The summed E-state index contributed by atoms with van der Waals surface area (Å²) in [6.45, 7) is 2.63. The molecule has 0 unspecified atom stereocenters. The Balaban J connectivity index is 3.10. The summed E-state index contributed by atoms with van der Waals surface area (Å²) in [6, 6.07) is 4.20. The first kappa shape index (κ1) is 12.0. The van der Waals surface area contributed by atoms with Crippen molar-refractivity contribution in [3.05, 3.63) is 29.3 Å². The number of amides is 1. The number of carboxylic acid groups (broad SMARTS) is 1. The second-order valence-electron chi connectivity index (χ2n) is 3.36. The van der Waals surface area contributed by atoms with E-state index >= 15 is 0 Å².